The van der Waals surface area contributed by atoms with Gasteiger partial charge in [-0.3, -0.25) is 0 Å². The van der Waals surface area contributed by atoms with Crippen LogP contribution in [0.15, 0.2) is 164 Å². The highest BCUT2D eigenvalue weighted by atomic mass is 35.5. The first-order chi connectivity index (χ1) is 25.0. The number of nitrogens with zero attached hydrogens (tertiary/aromatic N) is 2. The lowest BCUT2D eigenvalue weighted by molar-refractivity contribution is 0.590. The van der Waals surface area contributed by atoms with Gasteiger partial charge in [0.1, 0.15) is 0 Å². The van der Waals surface area contributed by atoms with Crippen LogP contribution in [0.2, 0.25) is 20.1 Å². The number of benzene rings is 7. The molecule has 258 valence electrons. The molecule has 0 unspecified atom stereocenters. The van der Waals surface area contributed by atoms with E-state index in [0.29, 0.717) is 20.1 Å². The van der Waals surface area contributed by atoms with E-state index in [1.807, 2.05) is 72.8 Å². The van der Waals surface area contributed by atoms with Gasteiger partial charge >= 0.3 is 0 Å². The van der Waals surface area contributed by atoms with Crippen molar-refractivity contribution in [1.82, 2.24) is 0 Å². The summed E-state index contributed by atoms with van der Waals surface area (Å²) in [4.78, 5) is 4.56. The number of hydrogen-bond donors (Lipinski definition) is 0. The highest BCUT2D eigenvalue weighted by Gasteiger charge is 2.25. The van der Waals surface area contributed by atoms with E-state index in [-0.39, 0.29) is 5.41 Å². The number of hydrogen-bond acceptors (Lipinski definition) is 2. The molecule has 7 aromatic carbocycles. The van der Waals surface area contributed by atoms with Gasteiger partial charge in [0, 0.05) is 54.0 Å². The van der Waals surface area contributed by atoms with Gasteiger partial charge in [-0.05, 0) is 113 Å². The summed E-state index contributed by atoms with van der Waals surface area (Å²) in [6, 6.07) is 55.5. The van der Waals surface area contributed by atoms with Gasteiger partial charge in [-0.15, -0.1) is 0 Å². The van der Waals surface area contributed by atoms with Gasteiger partial charge in [0.05, 0.1) is 11.4 Å². The van der Waals surface area contributed by atoms with Crippen molar-refractivity contribution < 1.29 is 0 Å². The third-order valence-electron chi connectivity index (χ3n) is 8.98. The topological polar surface area (TPSA) is 6.48 Å². The monoisotopic (exact) mass is 756 g/mol. The fourth-order valence-corrected chi connectivity index (χ4v) is 7.26. The van der Waals surface area contributed by atoms with Crippen LogP contribution in [-0.2, 0) is 5.41 Å². The third-order valence-corrected chi connectivity index (χ3v) is 9.92. The summed E-state index contributed by atoms with van der Waals surface area (Å²) >= 11 is 26.5. The molecule has 0 aliphatic rings. The van der Waals surface area contributed by atoms with E-state index in [0.717, 1.165) is 61.9 Å². The Labute approximate surface area is 326 Å². The summed E-state index contributed by atoms with van der Waals surface area (Å²) in [5, 5.41) is 2.64. The predicted octanol–water partition coefficient (Wildman–Crippen LogP) is 15.9. The summed E-state index contributed by atoms with van der Waals surface area (Å²) in [5.74, 6) is 0. The van der Waals surface area contributed by atoms with Crippen molar-refractivity contribution in [3.05, 3.63) is 189 Å². The highest BCUT2D eigenvalue weighted by molar-refractivity contribution is 6.32. The number of para-hydroxylation sites is 2. The molecule has 6 heteroatoms. The Hall–Kier alpha value is -4.70. The van der Waals surface area contributed by atoms with Gasteiger partial charge in [-0.25, -0.2) is 0 Å². The zero-order valence-electron chi connectivity index (χ0n) is 29.0. The van der Waals surface area contributed by atoms with Crippen LogP contribution in [0.4, 0.5) is 34.1 Å². The Kier molecular flexibility index (Phi) is 10.4. The van der Waals surface area contributed by atoms with Crippen LogP contribution in [0.3, 0.4) is 0 Å². The molecule has 0 atom stereocenters. The third kappa shape index (κ3) is 7.72. The number of halogens is 4. The quantitative estimate of drug-likeness (QED) is 0.152. The minimum absolute atomic E-state index is 0.205. The Bertz CT molecular complexity index is 2220. The minimum Gasteiger partial charge on any atom is -0.310 e. The van der Waals surface area contributed by atoms with E-state index in [2.05, 4.69) is 122 Å². The van der Waals surface area contributed by atoms with Crippen LogP contribution in [0.25, 0.3) is 22.3 Å². The zero-order valence-corrected chi connectivity index (χ0v) is 32.0. The van der Waals surface area contributed by atoms with Gasteiger partial charge in [0.25, 0.3) is 0 Å². The molecule has 0 N–H and O–H groups in total. The van der Waals surface area contributed by atoms with Crippen LogP contribution in [0, 0.1) is 0 Å². The van der Waals surface area contributed by atoms with Gasteiger partial charge in [-0.2, -0.15) is 0 Å². The van der Waals surface area contributed by atoms with Crippen molar-refractivity contribution in [1.29, 1.82) is 0 Å². The smallest absolute Gasteiger partial charge is 0.0540 e. The largest absolute Gasteiger partial charge is 0.310 e. The van der Waals surface area contributed by atoms with Crippen molar-refractivity contribution in [2.24, 2.45) is 0 Å². The Morgan fingerprint density at radius 2 is 0.750 bits per heavy atom. The lowest BCUT2D eigenvalue weighted by Crippen LogP contribution is -2.18. The molecule has 7 aromatic rings. The van der Waals surface area contributed by atoms with Crippen LogP contribution >= 0.6 is 46.4 Å². The lowest BCUT2D eigenvalue weighted by Gasteiger charge is -2.33. The summed E-state index contributed by atoms with van der Waals surface area (Å²) in [6.45, 7) is 6.72. The van der Waals surface area contributed by atoms with Crippen LogP contribution in [0.1, 0.15) is 26.3 Å². The summed E-state index contributed by atoms with van der Waals surface area (Å²) in [5.41, 5.74) is 10.8. The Morgan fingerprint density at radius 3 is 1.13 bits per heavy atom. The molecule has 0 fully saturated rings. The fourth-order valence-electron chi connectivity index (χ4n) is 6.51. The summed E-state index contributed by atoms with van der Waals surface area (Å²) in [6.07, 6.45) is 0. The van der Waals surface area contributed by atoms with E-state index < -0.39 is 0 Å². The Morgan fingerprint density at radius 1 is 0.365 bits per heavy atom. The van der Waals surface area contributed by atoms with Gasteiger partial charge < -0.3 is 9.80 Å². The molecular weight excluding hydrogens is 722 g/mol. The maximum atomic E-state index is 6.71. The normalized spacial score (nSPS) is 11.4. The molecular formula is C46H36Cl4N2. The van der Waals surface area contributed by atoms with E-state index in [1.54, 1.807) is 0 Å². The first-order valence-corrected chi connectivity index (χ1v) is 18.5. The molecule has 0 heterocycles. The SMILES string of the molecule is CC(C)(C)c1cc(N(c2cccc(Cl)c2)c2ccccc2-c2cccc(Cl)c2)cc(N(c2cccc(Cl)c2)c2ccccc2-c2cccc(Cl)c2)c1. The standard InChI is InChI=1S/C46H36Cl4N2/c1-46(2,3)33-26-40(51(38-18-10-16-36(49)28-38)44-22-6-4-20-42(44)31-12-8-14-34(47)24-31)30-41(27-33)52(39-19-11-17-37(50)29-39)45-23-7-5-21-43(45)32-13-9-15-35(48)25-32/h4-30H,1-3H3. The summed E-state index contributed by atoms with van der Waals surface area (Å²) in [7, 11) is 0. The molecule has 0 aliphatic heterocycles. The van der Waals surface area contributed by atoms with E-state index in [4.69, 9.17) is 46.4 Å². The first kappa shape index (κ1) is 35.7. The van der Waals surface area contributed by atoms with Crippen molar-refractivity contribution >= 4 is 80.5 Å². The molecule has 52 heavy (non-hydrogen) atoms. The van der Waals surface area contributed by atoms with E-state index in [1.165, 1.54) is 0 Å². The second-order valence-corrected chi connectivity index (χ2v) is 15.4. The van der Waals surface area contributed by atoms with Crippen molar-refractivity contribution in [2.75, 3.05) is 9.80 Å². The molecule has 0 saturated carbocycles. The predicted molar refractivity (Wildman–Crippen MR) is 225 cm³/mol. The molecule has 0 spiro atoms. The van der Waals surface area contributed by atoms with Crippen LogP contribution < -0.4 is 9.80 Å². The number of anilines is 6. The molecule has 0 aliphatic carbocycles. The molecule has 0 bridgehead atoms. The highest BCUT2D eigenvalue weighted by Crippen LogP contribution is 2.47. The van der Waals surface area contributed by atoms with Gasteiger partial charge in [0.15, 0.2) is 0 Å². The molecule has 2 nitrogen and oxygen atoms in total. The van der Waals surface area contributed by atoms with Crippen LogP contribution in [0.5, 0.6) is 0 Å². The number of rotatable bonds is 8. The average Bonchev–Trinajstić information content (AvgIpc) is 3.12. The first-order valence-electron chi connectivity index (χ1n) is 17.0. The second kappa shape index (κ2) is 15.1. The molecule has 7 rings (SSSR count). The van der Waals surface area contributed by atoms with Gasteiger partial charge in [-0.1, -0.05) is 140 Å². The van der Waals surface area contributed by atoms with Crippen LogP contribution in [-0.4, -0.2) is 0 Å². The lowest BCUT2D eigenvalue weighted by atomic mass is 9.86. The van der Waals surface area contributed by atoms with Crippen molar-refractivity contribution in [2.45, 2.75) is 26.2 Å². The molecule has 0 amide bonds. The maximum Gasteiger partial charge on any atom is 0.0540 e. The second-order valence-electron chi connectivity index (χ2n) is 13.7. The fraction of sp³-hybridized carbons (Fsp3) is 0.0870. The zero-order chi connectivity index (χ0) is 36.4. The maximum absolute atomic E-state index is 6.71. The van der Waals surface area contributed by atoms with E-state index >= 15 is 0 Å². The van der Waals surface area contributed by atoms with Gasteiger partial charge in [0.2, 0.25) is 0 Å². The van der Waals surface area contributed by atoms with Crippen molar-refractivity contribution in [3.63, 3.8) is 0 Å². The summed E-state index contributed by atoms with van der Waals surface area (Å²) < 4.78 is 0. The molecule has 0 radical (unpaired) electrons. The van der Waals surface area contributed by atoms with Crippen molar-refractivity contribution in [3.8, 4) is 22.3 Å². The molecule has 0 saturated heterocycles. The molecule has 0 aromatic heterocycles. The average molecular weight is 759 g/mol. The van der Waals surface area contributed by atoms with E-state index in [9.17, 15) is 0 Å². The minimum atomic E-state index is -0.205. The Balaban J connectivity index is 1.53.